The number of carboxylic acid groups (broad SMARTS) is 1. The lowest BCUT2D eigenvalue weighted by molar-refractivity contribution is 0.0696. The van der Waals surface area contributed by atoms with E-state index in [9.17, 15) is 9.59 Å². The Morgan fingerprint density at radius 3 is 2.33 bits per heavy atom. The van der Waals surface area contributed by atoms with Crippen LogP contribution in [0.4, 0.5) is 0 Å². The maximum absolute atomic E-state index is 12.1. The van der Waals surface area contributed by atoms with E-state index < -0.39 is 5.97 Å². The number of amides is 1. The SMILES string of the molecule is Cc1cc(C(=O)O)cc(C(=O)NC2(C)CCC2)c1. The molecule has 1 aromatic rings. The summed E-state index contributed by atoms with van der Waals surface area (Å²) < 4.78 is 0. The minimum atomic E-state index is -1.01. The molecule has 4 heteroatoms. The summed E-state index contributed by atoms with van der Waals surface area (Å²) in [7, 11) is 0. The van der Waals surface area contributed by atoms with E-state index in [4.69, 9.17) is 5.11 Å². The Morgan fingerprint density at radius 2 is 1.83 bits per heavy atom. The van der Waals surface area contributed by atoms with Gasteiger partial charge in [-0.15, -0.1) is 0 Å². The Labute approximate surface area is 106 Å². The Morgan fingerprint density at radius 1 is 1.22 bits per heavy atom. The van der Waals surface area contributed by atoms with E-state index in [-0.39, 0.29) is 17.0 Å². The summed E-state index contributed by atoms with van der Waals surface area (Å²) in [5, 5.41) is 11.9. The Hall–Kier alpha value is -1.84. The third-order valence-corrected chi connectivity index (χ3v) is 3.46. The maximum Gasteiger partial charge on any atom is 0.335 e. The van der Waals surface area contributed by atoms with Gasteiger partial charge in [-0.05, 0) is 56.9 Å². The second kappa shape index (κ2) is 4.44. The van der Waals surface area contributed by atoms with Crippen LogP contribution in [0.3, 0.4) is 0 Å². The molecule has 96 valence electrons. The van der Waals surface area contributed by atoms with Gasteiger partial charge < -0.3 is 10.4 Å². The highest BCUT2D eigenvalue weighted by atomic mass is 16.4. The van der Waals surface area contributed by atoms with Gasteiger partial charge >= 0.3 is 5.97 Å². The van der Waals surface area contributed by atoms with Crippen LogP contribution in [0.1, 0.15) is 52.5 Å². The van der Waals surface area contributed by atoms with Gasteiger partial charge in [0.1, 0.15) is 0 Å². The molecule has 0 heterocycles. The predicted molar refractivity (Wildman–Crippen MR) is 67.9 cm³/mol. The maximum atomic E-state index is 12.1. The fourth-order valence-corrected chi connectivity index (χ4v) is 2.22. The molecule has 0 aromatic heterocycles. The summed E-state index contributed by atoms with van der Waals surface area (Å²) >= 11 is 0. The minimum absolute atomic E-state index is 0.121. The predicted octanol–water partition coefficient (Wildman–Crippen LogP) is 2.37. The molecular formula is C14H17NO3. The normalized spacial score (nSPS) is 16.8. The quantitative estimate of drug-likeness (QED) is 0.861. The van der Waals surface area contributed by atoms with E-state index in [0.717, 1.165) is 24.8 Å². The Kier molecular flexibility index (Phi) is 3.11. The standard InChI is InChI=1S/C14H17NO3/c1-9-6-10(8-11(7-9)13(17)18)12(16)15-14(2)4-3-5-14/h6-8H,3-5H2,1-2H3,(H,15,16)(H,17,18). The third-order valence-electron chi connectivity index (χ3n) is 3.46. The van der Waals surface area contributed by atoms with Crippen molar-refractivity contribution in [3.63, 3.8) is 0 Å². The summed E-state index contributed by atoms with van der Waals surface area (Å²) in [6.07, 6.45) is 3.09. The lowest BCUT2D eigenvalue weighted by atomic mass is 9.78. The number of carbonyl (C=O) groups excluding carboxylic acids is 1. The van der Waals surface area contributed by atoms with Crippen LogP contribution in [-0.4, -0.2) is 22.5 Å². The second-order valence-electron chi connectivity index (χ2n) is 5.26. The molecular weight excluding hydrogens is 230 g/mol. The molecule has 0 bridgehead atoms. The van der Waals surface area contributed by atoms with Gasteiger partial charge in [0, 0.05) is 11.1 Å². The largest absolute Gasteiger partial charge is 0.478 e. The molecule has 1 saturated carbocycles. The van der Waals surface area contributed by atoms with Crippen LogP contribution in [0.15, 0.2) is 18.2 Å². The smallest absolute Gasteiger partial charge is 0.335 e. The van der Waals surface area contributed by atoms with Crippen molar-refractivity contribution in [3.05, 3.63) is 34.9 Å². The van der Waals surface area contributed by atoms with Gasteiger partial charge in [-0.1, -0.05) is 0 Å². The zero-order chi connectivity index (χ0) is 13.3. The van der Waals surface area contributed by atoms with Gasteiger partial charge in [0.15, 0.2) is 0 Å². The molecule has 1 aliphatic rings. The molecule has 0 unspecified atom stereocenters. The van der Waals surface area contributed by atoms with Crippen LogP contribution < -0.4 is 5.32 Å². The lowest BCUT2D eigenvalue weighted by Gasteiger charge is -2.39. The van der Waals surface area contributed by atoms with Gasteiger partial charge in [-0.3, -0.25) is 4.79 Å². The van der Waals surface area contributed by atoms with Crippen molar-refractivity contribution in [3.8, 4) is 0 Å². The monoisotopic (exact) mass is 247 g/mol. The van der Waals surface area contributed by atoms with Crippen LogP contribution in [0, 0.1) is 6.92 Å². The third kappa shape index (κ3) is 2.53. The molecule has 1 aromatic carbocycles. The average molecular weight is 247 g/mol. The van der Waals surface area contributed by atoms with Crippen molar-refractivity contribution in [2.24, 2.45) is 0 Å². The number of carbonyl (C=O) groups is 2. The van der Waals surface area contributed by atoms with Crippen LogP contribution in [0.5, 0.6) is 0 Å². The molecule has 0 aliphatic heterocycles. The summed E-state index contributed by atoms with van der Waals surface area (Å²) in [4.78, 5) is 23.0. The number of rotatable bonds is 3. The minimum Gasteiger partial charge on any atom is -0.478 e. The highest BCUT2D eigenvalue weighted by Gasteiger charge is 2.33. The topological polar surface area (TPSA) is 66.4 Å². The van der Waals surface area contributed by atoms with Crippen molar-refractivity contribution >= 4 is 11.9 Å². The number of aryl methyl sites for hydroxylation is 1. The first kappa shape index (κ1) is 12.6. The van der Waals surface area contributed by atoms with Crippen molar-refractivity contribution in [2.45, 2.75) is 38.6 Å². The molecule has 0 radical (unpaired) electrons. The van der Waals surface area contributed by atoms with E-state index in [1.807, 2.05) is 6.92 Å². The zero-order valence-electron chi connectivity index (χ0n) is 10.6. The van der Waals surface area contributed by atoms with Crippen molar-refractivity contribution in [1.29, 1.82) is 0 Å². The Balaban J connectivity index is 2.21. The van der Waals surface area contributed by atoms with Gasteiger partial charge in [-0.2, -0.15) is 0 Å². The van der Waals surface area contributed by atoms with E-state index in [1.54, 1.807) is 19.1 Å². The van der Waals surface area contributed by atoms with Crippen LogP contribution in [-0.2, 0) is 0 Å². The molecule has 2 N–H and O–H groups in total. The fourth-order valence-electron chi connectivity index (χ4n) is 2.22. The van der Waals surface area contributed by atoms with E-state index in [1.165, 1.54) is 6.07 Å². The second-order valence-corrected chi connectivity index (χ2v) is 5.26. The number of nitrogens with one attached hydrogen (secondary N) is 1. The molecule has 0 spiro atoms. The molecule has 1 aliphatic carbocycles. The highest BCUT2D eigenvalue weighted by molar-refractivity contribution is 5.98. The first-order valence-electron chi connectivity index (χ1n) is 6.07. The molecule has 0 atom stereocenters. The van der Waals surface area contributed by atoms with Crippen molar-refractivity contribution in [2.75, 3.05) is 0 Å². The Bertz CT molecular complexity index is 504. The molecule has 1 amide bonds. The van der Waals surface area contributed by atoms with Gasteiger partial charge in [0.25, 0.3) is 5.91 Å². The average Bonchev–Trinajstić information content (AvgIpc) is 2.26. The van der Waals surface area contributed by atoms with E-state index >= 15 is 0 Å². The summed E-state index contributed by atoms with van der Waals surface area (Å²) in [6, 6.07) is 4.70. The molecule has 4 nitrogen and oxygen atoms in total. The highest BCUT2D eigenvalue weighted by Crippen LogP contribution is 2.31. The van der Waals surface area contributed by atoms with Crippen LogP contribution in [0.25, 0.3) is 0 Å². The van der Waals surface area contributed by atoms with Gasteiger partial charge in [-0.25, -0.2) is 4.79 Å². The zero-order valence-corrected chi connectivity index (χ0v) is 10.6. The molecule has 18 heavy (non-hydrogen) atoms. The summed E-state index contributed by atoms with van der Waals surface area (Å²) in [5.41, 5.74) is 1.22. The van der Waals surface area contributed by atoms with Gasteiger partial charge in [0.2, 0.25) is 0 Å². The fraction of sp³-hybridized carbons (Fsp3) is 0.429. The van der Waals surface area contributed by atoms with Crippen LogP contribution >= 0.6 is 0 Å². The molecule has 2 rings (SSSR count). The molecule has 1 fully saturated rings. The number of hydrogen-bond acceptors (Lipinski definition) is 2. The first-order chi connectivity index (χ1) is 8.39. The van der Waals surface area contributed by atoms with Crippen molar-refractivity contribution in [1.82, 2.24) is 5.32 Å². The summed E-state index contributed by atoms with van der Waals surface area (Å²) in [5.74, 6) is -1.20. The molecule has 0 saturated heterocycles. The van der Waals surface area contributed by atoms with Crippen molar-refractivity contribution < 1.29 is 14.7 Å². The number of aromatic carboxylic acids is 1. The lowest BCUT2D eigenvalue weighted by Crippen LogP contribution is -2.50. The van der Waals surface area contributed by atoms with E-state index in [0.29, 0.717) is 5.56 Å². The number of benzene rings is 1. The first-order valence-corrected chi connectivity index (χ1v) is 6.07. The van der Waals surface area contributed by atoms with Gasteiger partial charge in [0.05, 0.1) is 5.56 Å². The van der Waals surface area contributed by atoms with E-state index in [2.05, 4.69) is 5.32 Å². The number of hydrogen-bond donors (Lipinski definition) is 2. The number of carboxylic acids is 1. The summed E-state index contributed by atoms with van der Waals surface area (Å²) in [6.45, 7) is 3.80. The van der Waals surface area contributed by atoms with Crippen LogP contribution in [0.2, 0.25) is 0 Å².